The van der Waals surface area contributed by atoms with Crippen molar-refractivity contribution in [2.75, 3.05) is 19.6 Å². The molecule has 1 aliphatic heterocycles. The van der Waals surface area contributed by atoms with Crippen LogP contribution < -0.4 is 5.73 Å². The number of carboxylic acid groups (broad SMARTS) is 1. The Hall–Kier alpha value is -0.770. The van der Waals surface area contributed by atoms with Crippen LogP contribution in [0.1, 0.15) is 32.6 Å². The van der Waals surface area contributed by atoms with Gasteiger partial charge >= 0.3 is 6.09 Å². The van der Waals surface area contributed by atoms with Gasteiger partial charge in [0.25, 0.3) is 0 Å². The number of hydrogen-bond donors (Lipinski definition) is 2. The Bertz CT molecular complexity index is 198. The minimum Gasteiger partial charge on any atom is -0.465 e. The number of carbonyl (C=O) groups is 1. The van der Waals surface area contributed by atoms with Crippen molar-refractivity contribution < 1.29 is 9.90 Å². The highest BCUT2D eigenvalue weighted by Crippen LogP contribution is 2.37. The third kappa shape index (κ3) is 2.38. The van der Waals surface area contributed by atoms with Gasteiger partial charge in [0.05, 0.1) is 0 Å². The van der Waals surface area contributed by atoms with E-state index in [0.717, 1.165) is 25.7 Å². The van der Waals surface area contributed by atoms with Crippen molar-refractivity contribution >= 4 is 6.09 Å². The zero-order valence-electron chi connectivity index (χ0n) is 8.83. The van der Waals surface area contributed by atoms with Gasteiger partial charge in [-0.15, -0.1) is 0 Å². The average molecular weight is 200 g/mol. The molecule has 1 aliphatic rings. The maximum absolute atomic E-state index is 10.7. The maximum atomic E-state index is 10.7. The van der Waals surface area contributed by atoms with Crippen molar-refractivity contribution in [2.24, 2.45) is 11.1 Å². The third-order valence-electron chi connectivity index (χ3n) is 3.52. The molecule has 14 heavy (non-hydrogen) atoms. The fourth-order valence-electron chi connectivity index (χ4n) is 2.26. The summed E-state index contributed by atoms with van der Waals surface area (Å²) in [5, 5.41) is 8.81. The fourth-order valence-corrected chi connectivity index (χ4v) is 2.26. The highest BCUT2D eigenvalue weighted by Gasteiger charge is 2.33. The van der Waals surface area contributed by atoms with Crippen molar-refractivity contribution in [3.8, 4) is 0 Å². The SMILES string of the molecule is CCC1(CCN)CCN(C(=O)O)CC1. The van der Waals surface area contributed by atoms with Gasteiger partial charge in [-0.1, -0.05) is 13.3 Å². The molecule has 0 aromatic rings. The number of piperidine rings is 1. The molecule has 0 atom stereocenters. The van der Waals surface area contributed by atoms with Crippen LogP contribution in [-0.2, 0) is 0 Å². The lowest BCUT2D eigenvalue weighted by molar-refractivity contribution is 0.0827. The van der Waals surface area contributed by atoms with Crippen LogP contribution in [-0.4, -0.2) is 35.7 Å². The molecule has 1 heterocycles. The van der Waals surface area contributed by atoms with Crippen LogP contribution in [0.4, 0.5) is 4.79 Å². The summed E-state index contributed by atoms with van der Waals surface area (Å²) in [6.07, 6.45) is 3.27. The van der Waals surface area contributed by atoms with Crippen molar-refractivity contribution in [3.63, 3.8) is 0 Å². The monoisotopic (exact) mass is 200 g/mol. The van der Waals surface area contributed by atoms with Crippen molar-refractivity contribution in [1.29, 1.82) is 0 Å². The Morgan fingerprint density at radius 3 is 2.43 bits per heavy atom. The number of nitrogens with zero attached hydrogens (tertiary/aromatic N) is 1. The molecule has 0 aliphatic carbocycles. The molecular weight excluding hydrogens is 180 g/mol. The summed E-state index contributed by atoms with van der Waals surface area (Å²) in [6.45, 7) is 4.22. The number of hydrogen-bond acceptors (Lipinski definition) is 2. The molecule has 0 aromatic carbocycles. The molecule has 0 spiro atoms. The van der Waals surface area contributed by atoms with E-state index >= 15 is 0 Å². The van der Waals surface area contributed by atoms with Crippen molar-refractivity contribution in [2.45, 2.75) is 32.6 Å². The van der Waals surface area contributed by atoms with Gasteiger partial charge in [0.15, 0.2) is 0 Å². The van der Waals surface area contributed by atoms with Gasteiger partial charge in [0, 0.05) is 13.1 Å². The van der Waals surface area contributed by atoms with Crippen LogP contribution in [0.15, 0.2) is 0 Å². The predicted molar refractivity (Wildman–Crippen MR) is 55.2 cm³/mol. The molecule has 1 fully saturated rings. The molecule has 0 bridgehead atoms. The van der Waals surface area contributed by atoms with E-state index in [9.17, 15) is 4.79 Å². The van der Waals surface area contributed by atoms with Gasteiger partial charge in [0.1, 0.15) is 0 Å². The van der Waals surface area contributed by atoms with E-state index in [2.05, 4.69) is 6.92 Å². The minimum atomic E-state index is -0.789. The minimum absolute atomic E-state index is 0.306. The highest BCUT2D eigenvalue weighted by atomic mass is 16.4. The molecule has 1 saturated heterocycles. The van der Waals surface area contributed by atoms with E-state index in [1.165, 1.54) is 4.90 Å². The molecule has 4 nitrogen and oxygen atoms in total. The van der Waals surface area contributed by atoms with Crippen LogP contribution in [0.5, 0.6) is 0 Å². The molecule has 4 heteroatoms. The van der Waals surface area contributed by atoms with E-state index < -0.39 is 6.09 Å². The third-order valence-corrected chi connectivity index (χ3v) is 3.52. The number of amides is 1. The first-order chi connectivity index (χ1) is 6.63. The topological polar surface area (TPSA) is 66.6 Å². The Morgan fingerprint density at radius 2 is 2.07 bits per heavy atom. The van der Waals surface area contributed by atoms with E-state index in [-0.39, 0.29) is 0 Å². The quantitative estimate of drug-likeness (QED) is 0.725. The van der Waals surface area contributed by atoms with Crippen LogP contribution in [0, 0.1) is 5.41 Å². The predicted octanol–water partition coefficient (Wildman–Crippen LogP) is 1.51. The molecule has 0 saturated carbocycles. The zero-order valence-corrected chi connectivity index (χ0v) is 8.83. The second-order valence-corrected chi connectivity index (χ2v) is 4.16. The van der Waals surface area contributed by atoms with Crippen molar-refractivity contribution in [3.05, 3.63) is 0 Å². The van der Waals surface area contributed by atoms with Gasteiger partial charge in [-0.3, -0.25) is 0 Å². The van der Waals surface area contributed by atoms with E-state index in [0.29, 0.717) is 25.0 Å². The number of nitrogens with two attached hydrogens (primary N) is 1. The summed E-state index contributed by atoms with van der Waals surface area (Å²) >= 11 is 0. The Balaban J connectivity index is 2.50. The van der Waals surface area contributed by atoms with Gasteiger partial charge < -0.3 is 15.7 Å². The highest BCUT2D eigenvalue weighted by molar-refractivity contribution is 5.65. The van der Waals surface area contributed by atoms with E-state index in [1.807, 2.05) is 0 Å². The summed E-state index contributed by atoms with van der Waals surface area (Å²) in [5.74, 6) is 0. The Labute approximate surface area is 85.1 Å². The Kier molecular flexibility index (Phi) is 3.75. The first kappa shape index (κ1) is 11.3. The Morgan fingerprint density at radius 1 is 1.50 bits per heavy atom. The smallest absolute Gasteiger partial charge is 0.407 e. The number of likely N-dealkylation sites (tertiary alicyclic amines) is 1. The second-order valence-electron chi connectivity index (χ2n) is 4.16. The van der Waals surface area contributed by atoms with Crippen molar-refractivity contribution in [1.82, 2.24) is 4.90 Å². The lowest BCUT2D eigenvalue weighted by Crippen LogP contribution is -2.43. The molecule has 82 valence electrons. The molecule has 3 N–H and O–H groups in total. The van der Waals surface area contributed by atoms with Crippen LogP contribution in [0.25, 0.3) is 0 Å². The standard InChI is InChI=1S/C10H20N2O2/c1-2-10(3-6-11)4-7-12(8-5-10)9(13)14/h2-8,11H2,1H3,(H,13,14). The normalized spacial score (nSPS) is 20.9. The molecule has 0 unspecified atom stereocenters. The van der Waals surface area contributed by atoms with Gasteiger partial charge in [-0.05, 0) is 31.2 Å². The molecule has 0 aromatic heterocycles. The first-order valence-electron chi connectivity index (χ1n) is 5.31. The first-order valence-corrected chi connectivity index (χ1v) is 5.31. The van der Waals surface area contributed by atoms with Gasteiger partial charge in [-0.2, -0.15) is 0 Å². The van der Waals surface area contributed by atoms with E-state index in [4.69, 9.17) is 10.8 Å². The molecular formula is C10H20N2O2. The summed E-state index contributed by atoms with van der Waals surface area (Å²) in [7, 11) is 0. The fraction of sp³-hybridized carbons (Fsp3) is 0.900. The summed E-state index contributed by atoms with van der Waals surface area (Å²) in [6, 6.07) is 0. The van der Waals surface area contributed by atoms with E-state index in [1.54, 1.807) is 0 Å². The van der Waals surface area contributed by atoms with Gasteiger partial charge in [-0.25, -0.2) is 4.79 Å². The summed E-state index contributed by atoms with van der Waals surface area (Å²) in [5.41, 5.74) is 5.89. The summed E-state index contributed by atoms with van der Waals surface area (Å²) in [4.78, 5) is 12.2. The van der Waals surface area contributed by atoms with Crippen LogP contribution in [0.2, 0.25) is 0 Å². The lowest BCUT2D eigenvalue weighted by atomic mass is 9.74. The van der Waals surface area contributed by atoms with Crippen LogP contribution in [0.3, 0.4) is 0 Å². The molecule has 1 rings (SSSR count). The number of rotatable bonds is 3. The average Bonchev–Trinajstić information content (AvgIpc) is 2.19. The maximum Gasteiger partial charge on any atom is 0.407 e. The largest absolute Gasteiger partial charge is 0.465 e. The lowest BCUT2D eigenvalue weighted by Gasteiger charge is -2.40. The zero-order chi connectivity index (χ0) is 10.6. The molecule has 1 amide bonds. The summed E-state index contributed by atoms with van der Waals surface area (Å²) < 4.78 is 0. The van der Waals surface area contributed by atoms with Crippen LogP contribution >= 0.6 is 0 Å². The molecule has 0 radical (unpaired) electrons. The second kappa shape index (κ2) is 4.64. The van der Waals surface area contributed by atoms with Gasteiger partial charge in [0.2, 0.25) is 0 Å².